The molecule has 0 fully saturated rings. The first kappa shape index (κ1) is 13.2. The van der Waals surface area contributed by atoms with Crippen molar-refractivity contribution in [3.05, 3.63) is 53.3 Å². The van der Waals surface area contributed by atoms with Crippen molar-refractivity contribution in [3.63, 3.8) is 0 Å². The summed E-state index contributed by atoms with van der Waals surface area (Å²) in [6.07, 6.45) is 0. The van der Waals surface area contributed by atoms with Crippen molar-refractivity contribution in [3.8, 4) is 5.75 Å². The van der Waals surface area contributed by atoms with Gasteiger partial charge in [0.15, 0.2) is 0 Å². The molecule has 0 unspecified atom stereocenters. The van der Waals surface area contributed by atoms with Crippen LogP contribution in [0.3, 0.4) is 0 Å². The molecule has 0 aromatic heterocycles. The summed E-state index contributed by atoms with van der Waals surface area (Å²) in [7, 11) is 1.63. The van der Waals surface area contributed by atoms with Crippen LogP contribution in [0.1, 0.15) is 11.1 Å². The largest absolute Gasteiger partial charge is 0.496 e. The summed E-state index contributed by atoms with van der Waals surface area (Å²) in [5.41, 5.74) is 8.55. The third kappa shape index (κ3) is 2.96. The average Bonchev–Trinajstić information content (AvgIpc) is 2.40. The van der Waals surface area contributed by atoms with Crippen molar-refractivity contribution >= 4 is 11.4 Å². The van der Waals surface area contributed by atoms with E-state index in [2.05, 4.69) is 5.32 Å². The Morgan fingerprint density at radius 1 is 1.26 bits per heavy atom. The SMILES string of the molecule is COc1ccc(C)cc1CNc1cccc(F)c1N. The number of benzene rings is 2. The van der Waals surface area contributed by atoms with Gasteiger partial charge in [0.2, 0.25) is 0 Å². The number of nitrogen functional groups attached to an aromatic ring is 1. The van der Waals surface area contributed by atoms with E-state index in [1.54, 1.807) is 19.2 Å². The molecular formula is C15H17FN2O. The Bertz CT molecular complexity index is 584. The maximum absolute atomic E-state index is 13.3. The maximum Gasteiger partial charge on any atom is 0.148 e. The van der Waals surface area contributed by atoms with E-state index >= 15 is 0 Å². The normalized spacial score (nSPS) is 10.3. The Balaban J connectivity index is 2.18. The van der Waals surface area contributed by atoms with E-state index in [4.69, 9.17) is 10.5 Å². The Hall–Kier alpha value is -2.23. The highest BCUT2D eigenvalue weighted by Crippen LogP contribution is 2.24. The van der Waals surface area contributed by atoms with E-state index in [0.29, 0.717) is 12.2 Å². The number of para-hydroxylation sites is 1. The van der Waals surface area contributed by atoms with Crippen LogP contribution in [0, 0.1) is 12.7 Å². The number of aryl methyl sites for hydroxylation is 1. The molecule has 4 heteroatoms. The molecule has 3 N–H and O–H groups in total. The highest BCUT2D eigenvalue weighted by Gasteiger charge is 2.06. The van der Waals surface area contributed by atoms with Gasteiger partial charge >= 0.3 is 0 Å². The van der Waals surface area contributed by atoms with E-state index in [1.165, 1.54) is 6.07 Å². The zero-order valence-electron chi connectivity index (χ0n) is 11.0. The molecular weight excluding hydrogens is 243 g/mol. The number of hydrogen-bond donors (Lipinski definition) is 2. The van der Waals surface area contributed by atoms with Crippen LogP contribution < -0.4 is 15.8 Å². The van der Waals surface area contributed by atoms with Crippen molar-refractivity contribution in [2.24, 2.45) is 0 Å². The lowest BCUT2D eigenvalue weighted by atomic mass is 10.1. The molecule has 0 heterocycles. The van der Waals surface area contributed by atoms with Gasteiger partial charge in [-0.25, -0.2) is 4.39 Å². The maximum atomic E-state index is 13.3. The van der Waals surface area contributed by atoms with Gasteiger partial charge in [-0.05, 0) is 25.1 Å². The molecule has 0 aliphatic carbocycles. The van der Waals surface area contributed by atoms with Gasteiger partial charge < -0.3 is 15.8 Å². The minimum absolute atomic E-state index is 0.133. The average molecular weight is 260 g/mol. The third-order valence-electron chi connectivity index (χ3n) is 2.96. The molecule has 0 spiro atoms. The molecule has 0 saturated heterocycles. The molecule has 0 bridgehead atoms. The van der Waals surface area contributed by atoms with Crippen LogP contribution in [0.4, 0.5) is 15.8 Å². The monoisotopic (exact) mass is 260 g/mol. The van der Waals surface area contributed by atoms with Gasteiger partial charge in [0.05, 0.1) is 18.5 Å². The van der Waals surface area contributed by atoms with Crippen LogP contribution in [0.15, 0.2) is 36.4 Å². The summed E-state index contributed by atoms with van der Waals surface area (Å²) in [6, 6.07) is 10.7. The smallest absolute Gasteiger partial charge is 0.148 e. The van der Waals surface area contributed by atoms with E-state index in [0.717, 1.165) is 16.9 Å². The number of nitrogens with two attached hydrogens (primary N) is 1. The van der Waals surface area contributed by atoms with Crippen LogP contribution in [-0.4, -0.2) is 7.11 Å². The molecule has 2 aromatic carbocycles. The Morgan fingerprint density at radius 2 is 2.05 bits per heavy atom. The van der Waals surface area contributed by atoms with Gasteiger partial charge in [-0.3, -0.25) is 0 Å². The van der Waals surface area contributed by atoms with E-state index < -0.39 is 5.82 Å². The molecule has 0 aliphatic heterocycles. The van der Waals surface area contributed by atoms with Crippen LogP contribution in [0.25, 0.3) is 0 Å². The van der Waals surface area contributed by atoms with Gasteiger partial charge in [-0.2, -0.15) is 0 Å². The Kier molecular flexibility index (Phi) is 3.90. The van der Waals surface area contributed by atoms with E-state index in [1.807, 2.05) is 25.1 Å². The number of methoxy groups -OCH3 is 1. The molecule has 19 heavy (non-hydrogen) atoms. The highest BCUT2D eigenvalue weighted by molar-refractivity contribution is 5.66. The van der Waals surface area contributed by atoms with Gasteiger partial charge in [0.25, 0.3) is 0 Å². The second-order valence-electron chi connectivity index (χ2n) is 4.37. The summed E-state index contributed by atoms with van der Waals surface area (Å²) >= 11 is 0. The second kappa shape index (κ2) is 5.61. The Morgan fingerprint density at radius 3 is 2.79 bits per heavy atom. The number of nitrogens with one attached hydrogen (secondary N) is 1. The predicted molar refractivity (Wildman–Crippen MR) is 75.9 cm³/mol. The van der Waals surface area contributed by atoms with Gasteiger partial charge in [0.1, 0.15) is 11.6 Å². The van der Waals surface area contributed by atoms with Crippen molar-refractivity contribution < 1.29 is 9.13 Å². The third-order valence-corrected chi connectivity index (χ3v) is 2.96. The lowest BCUT2D eigenvalue weighted by Gasteiger charge is -2.13. The number of halogens is 1. The summed E-state index contributed by atoms with van der Waals surface area (Å²) in [5.74, 6) is 0.384. The predicted octanol–water partition coefficient (Wildman–Crippen LogP) is 3.34. The molecule has 2 rings (SSSR count). The number of hydrogen-bond acceptors (Lipinski definition) is 3. The first-order chi connectivity index (χ1) is 9.11. The first-order valence-corrected chi connectivity index (χ1v) is 6.03. The summed E-state index contributed by atoms with van der Waals surface area (Å²) < 4.78 is 18.6. The van der Waals surface area contributed by atoms with Crippen LogP contribution in [-0.2, 0) is 6.54 Å². The topological polar surface area (TPSA) is 47.3 Å². The van der Waals surface area contributed by atoms with Gasteiger partial charge in [-0.1, -0.05) is 23.8 Å². The molecule has 3 nitrogen and oxygen atoms in total. The number of rotatable bonds is 4. The molecule has 0 saturated carbocycles. The fourth-order valence-corrected chi connectivity index (χ4v) is 1.93. The van der Waals surface area contributed by atoms with Crippen LogP contribution in [0.5, 0.6) is 5.75 Å². The van der Waals surface area contributed by atoms with Gasteiger partial charge in [-0.15, -0.1) is 0 Å². The van der Waals surface area contributed by atoms with Crippen molar-refractivity contribution in [2.45, 2.75) is 13.5 Å². The quantitative estimate of drug-likeness (QED) is 0.829. The lowest BCUT2D eigenvalue weighted by Crippen LogP contribution is -2.05. The molecule has 2 aromatic rings. The van der Waals surface area contributed by atoms with E-state index in [-0.39, 0.29) is 5.69 Å². The standard InChI is InChI=1S/C15H17FN2O/c1-10-6-7-14(19-2)11(8-10)9-18-13-5-3-4-12(16)15(13)17/h3-8,18H,9,17H2,1-2H3. The molecule has 0 atom stereocenters. The molecule has 100 valence electrons. The minimum Gasteiger partial charge on any atom is -0.496 e. The van der Waals surface area contributed by atoms with Crippen molar-refractivity contribution in [1.29, 1.82) is 0 Å². The van der Waals surface area contributed by atoms with Crippen LogP contribution >= 0.6 is 0 Å². The highest BCUT2D eigenvalue weighted by atomic mass is 19.1. The Labute approximate surface area is 112 Å². The number of ether oxygens (including phenoxy) is 1. The zero-order valence-corrected chi connectivity index (χ0v) is 11.0. The molecule has 0 aliphatic rings. The van der Waals surface area contributed by atoms with E-state index in [9.17, 15) is 4.39 Å². The van der Waals surface area contributed by atoms with Crippen LogP contribution in [0.2, 0.25) is 0 Å². The minimum atomic E-state index is -0.416. The summed E-state index contributed by atoms with van der Waals surface area (Å²) in [4.78, 5) is 0. The second-order valence-corrected chi connectivity index (χ2v) is 4.37. The summed E-state index contributed by atoms with van der Waals surface area (Å²) in [5, 5.41) is 3.13. The molecule has 0 amide bonds. The first-order valence-electron chi connectivity index (χ1n) is 6.03. The van der Waals surface area contributed by atoms with Crippen molar-refractivity contribution in [1.82, 2.24) is 0 Å². The van der Waals surface area contributed by atoms with Gasteiger partial charge in [0, 0.05) is 12.1 Å². The zero-order chi connectivity index (χ0) is 13.8. The summed E-state index contributed by atoms with van der Waals surface area (Å²) in [6.45, 7) is 2.54. The van der Waals surface area contributed by atoms with Crippen molar-refractivity contribution in [2.75, 3.05) is 18.2 Å². The fraction of sp³-hybridized carbons (Fsp3) is 0.200. The lowest BCUT2D eigenvalue weighted by molar-refractivity contribution is 0.410. The number of anilines is 2. The molecule has 0 radical (unpaired) electrons. The fourth-order valence-electron chi connectivity index (χ4n) is 1.93.